The molecule has 1 amide bonds. The van der Waals surface area contributed by atoms with Crippen molar-refractivity contribution in [3.63, 3.8) is 0 Å². The van der Waals surface area contributed by atoms with Gasteiger partial charge in [0.2, 0.25) is 5.91 Å². The van der Waals surface area contributed by atoms with Crippen molar-refractivity contribution in [1.29, 1.82) is 0 Å². The zero-order valence-corrected chi connectivity index (χ0v) is 10.4. The number of amides is 1. The predicted octanol–water partition coefficient (Wildman–Crippen LogP) is 2.27. The van der Waals surface area contributed by atoms with Gasteiger partial charge in [-0.2, -0.15) is 0 Å². The Labute approximate surface area is 105 Å². The van der Waals surface area contributed by atoms with Crippen LogP contribution in [0.1, 0.15) is 0 Å². The number of piperazine rings is 1. The molecule has 1 fully saturated rings. The molecule has 0 aromatic heterocycles. The second kappa shape index (κ2) is 4.62. The minimum absolute atomic E-state index is 0.0313. The average molecular weight is 259 g/mol. The number of benzene rings is 1. The van der Waals surface area contributed by atoms with Crippen LogP contribution < -0.4 is 4.90 Å². The molecular formula is C11H12Cl2N2O. The van der Waals surface area contributed by atoms with Crippen molar-refractivity contribution in [2.45, 2.75) is 0 Å². The zero-order chi connectivity index (χ0) is 11.7. The van der Waals surface area contributed by atoms with Crippen LogP contribution in [-0.2, 0) is 4.79 Å². The first-order valence-corrected chi connectivity index (χ1v) is 5.78. The van der Waals surface area contributed by atoms with E-state index in [-0.39, 0.29) is 5.91 Å². The molecule has 1 aromatic carbocycles. The van der Waals surface area contributed by atoms with Gasteiger partial charge in [-0.25, -0.2) is 0 Å². The summed E-state index contributed by atoms with van der Waals surface area (Å²) in [4.78, 5) is 15.5. The van der Waals surface area contributed by atoms with Crippen LogP contribution in [0.4, 0.5) is 5.69 Å². The fourth-order valence-electron chi connectivity index (χ4n) is 1.77. The average Bonchev–Trinajstić information content (AvgIpc) is 2.20. The number of hydrogen-bond acceptors (Lipinski definition) is 2. The summed E-state index contributed by atoms with van der Waals surface area (Å²) in [7, 11) is 1.92. The third-order valence-electron chi connectivity index (χ3n) is 2.62. The van der Waals surface area contributed by atoms with Gasteiger partial charge in [0.15, 0.2) is 0 Å². The molecule has 0 saturated carbocycles. The highest BCUT2D eigenvalue weighted by atomic mass is 35.5. The number of likely N-dealkylation sites (N-methyl/N-ethyl adjacent to an activating group) is 1. The van der Waals surface area contributed by atoms with Crippen molar-refractivity contribution in [2.75, 3.05) is 31.6 Å². The Morgan fingerprint density at radius 3 is 2.38 bits per heavy atom. The van der Waals surface area contributed by atoms with E-state index >= 15 is 0 Å². The normalized spacial score (nSPS) is 17.9. The number of rotatable bonds is 1. The first-order valence-electron chi connectivity index (χ1n) is 5.02. The number of anilines is 1. The van der Waals surface area contributed by atoms with Crippen LogP contribution in [-0.4, -0.2) is 37.5 Å². The molecule has 1 saturated heterocycles. The summed E-state index contributed by atoms with van der Waals surface area (Å²) in [5, 5.41) is 1.04. The highest BCUT2D eigenvalue weighted by Gasteiger charge is 2.25. The smallest absolute Gasteiger partial charge is 0.241 e. The molecule has 0 spiro atoms. The minimum atomic E-state index is 0.0313. The maximum absolute atomic E-state index is 11.9. The summed E-state index contributed by atoms with van der Waals surface area (Å²) in [6.45, 7) is 1.85. The molecular weight excluding hydrogens is 247 g/mol. The van der Waals surface area contributed by atoms with Crippen LogP contribution in [0.3, 0.4) is 0 Å². The zero-order valence-electron chi connectivity index (χ0n) is 8.91. The van der Waals surface area contributed by atoms with Gasteiger partial charge in [0.1, 0.15) is 0 Å². The molecule has 16 heavy (non-hydrogen) atoms. The number of carbonyl (C=O) groups excluding carboxylic acids is 1. The summed E-state index contributed by atoms with van der Waals surface area (Å²) in [5.41, 5.74) is 0.629. The first-order chi connectivity index (χ1) is 7.59. The SMILES string of the molecule is CN1CCN(c2c(Cl)cccc2Cl)C(=O)C1. The molecule has 1 aromatic rings. The van der Waals surface area contributed by atoms with Crippen molar-refractivity contribution in [3.8, 4) is 0 Å². The largest absolute Gasteiger partial charge is 0.307 e. The first kappa shape index (κ1) is 11.7. The number of para-hydroxylation sites is 1. The van der Waals surface area contributed by atoms with Gasteiger partial charge >= 0.3 is 0 Å². The number of halogens is 2. The molecule has 86 valence electrons. The molecule has 0 N–H and O–H groups in total. The predicted molar refractivity (Wildman–Crippen MR) is 66.3 cm³/mol. The van der Waals surface area contributed by atoms with E-state index in [1.807, 2.05) is 11.9 Å². The van der Waals surface area contributed by atoms with E-state index in [0.717, 1.165) is 6.54 Å². The van der Waals surface area contributed by atoms with E-state index in [0.29, 0.717) is 28.8 Å². The standard InChI is InChI=1S/C11H12Cl2N2O/c1-14-5-6-15(10(16)7-14)11-8(12)3-2-4-9(11)13/h2-4H,5-7H2,1H3. The summed E-state index contributed by atoms with van der Waals surface area (Å²) in [5.74, 6) is 0.0313. The molecule has 0 radical (unpaired) electrons. The van der Waals surface area contributed by atoms with Gasteiger partial charge in [-0.05, 0) is 19.2 Å². The lowest BCUT2D eigenvalue weighted by Gasteiger charge is -2.33. The van der Waals surface area contributed by atoms with Gasteiger partial charge in [-0.3, -0.25) is 9.69 Å². The van der Waals surface area contributed by atoms with Crippen LogP contribution in [0.5, 0.6) is 0 Å². The van der Waals surface area contributed by atoms with Gasteiger partial charge < -0.3 is 4.90 Å². The van der Waals surface area contributed by atoms with Crippen LogP contribution in [0.15, 0.2) is 18.2 Å². The summed E-state index contributed by atoms with van der Waals surface area (Å²) in [6.07, 6.45) is 0. The topological polar surface area (TPSA) is 23.6 Å². The molecule has 2 rings (SSSR count). The molecule has 1 aliphatic heterocycles. The van der Waals surface area contributed by atoms with E-state index in [1.54, 1.807) is 23.1 Å². The number of carbonyl (C=O) groups is 1. The fourth-order valence-corrected chi connectivity index (χ4v) is 2.38. The molecule has 5 heteroatoms. The van der Waals surface area contributed by atoms with Crippen LogP contribution >= 0.6 is 23.2 Å². The van der Waals surface area contributed by atoms with E-state index < -0.39 is 0 Å². The number of nitrogens with zero attached hydrogens (tertiary/aromatic N) is 2. The Morgan fingerprint density at radius 1 is 1.19 bits per heavy atom. The maximum Gasteiger partial charge on any atom is 0.241 e. The molecule has 0 atom stereocenters. The van der Waals surface area contributed by atoms with E-state index in [1.165, 1.54) is 0 Å². The number of hydrogen-bond donors (Lipinski definition) is 0. The van der Waals surface area contributed by atoms with Gasteiger partial charge in [0, 0.05) is 13.1 Å². The Balaban J connectivity index is 2.34. The van der Waals surface area contributed by atoms with Crippen LogP contribution in [0.25, 0.3) is 0 Å². The van der Waals surface area contributed by atoms with Gasteiger partial charge in [-0.15, -0.1) is 0 Å². The Kier molecular flexibility index (Phi) is 3.38. The highest BCUT2D eigenvalue weighted by molar-refractivity contribution is 6.39. The Morgan fingerprint density at radius 2 is 1.81 bits per heavy atom. The van der Waals surface area contributed by atoms with Gasteiger partial charge in [0.05, 0.1) is 22.3 Å². The monoisotopic (exact) mass is 258 g/mol. The second-order valence-corrected chi connectivity index (χ2v) is 4.67. The van der Waals surface area contributed by atoms with Crippen molar-refractivity contribution < 1.29 is 4.79 Å². The molecule has 0 unspecified atom stereocenters. The summed E-state index contributed by atoms with van der Waals surface area (Å²) >= 11 is 12.1. The lowest BCUT2D eigenvalue weighted by atomic mass is 10.2. The third kappa shape index (κ3) is 2.17. The maximum atomic E-state index is 11.9. The van der Waals surface area contributed by atoms with E-state index in [2.05, 4.69) is 0 Å². The molecule has 3 nitrogen and oxygen atoms in total. The highest BCUT2D eigenvalue weighted by Crippen LogP contribution is 2.34. The van der Waals surface area contributed by atoms with Crippen LogP contribution in [0, 0.1) is 0 Å². The molecule has 0 bridgehead atoms. The summed E-state index contributed by atoms with van der Waals surface area (Å²) in [6, 6.07) is 5.26. The second-order valence-electron chi connectivity index (χ2n) is 3.85. The molecule has 0 aliphatic carbocycles. The lowest BCUT2D eigenvalue weighted by molar-refractivity contribution is -0.120. The van der Waals surface area contributed by atoms with E-state index in [4.69, 9.17) is 23.2 Å². The summed E-state index contributed by atoms with van der Waals surface area (Å²) < 4.78 is 0. The van der Waals surface area contributed by atoms with Gasteiger partial charge in [0.25, 0.3) is 0 Å². The van der Waals surface area contributed by atoms with Crippen molar-refractivity contribution >= 4 is 34.8 Å². The fraction of sp³-hybridized carbons (Fsp3) is 0.364. The van der Waals surface area contributed by atoms with Crippen molar-refractivity contribution in [3.05, 3.63) is 28.2 Å². The minimum Gasteiger partial charge on any atom is -0.307 e. The molecule has 1 aliphatic rings. The van der Waals surface area contributed by atoms with Crippen molar-refractivity contribution in [1.82, 2.24) is 4.90 Å². The van der Waals surface area contributed by atoms with E-state index in [9.17, 15) is 4.79 Å². The van der Waals surface area contributed by atoms with Crippen LogP contribution in [0.2, 0.25) is 10.0 Å². The quantitative estimate of drug-likeness (QED) is 0.772. The molecule has 1 heterocycles. The Hall–Kier alpha value is -0.770. The van der Waals surface area contributed by atoms with Crippen molar-refractivity contribution in [2.24, 2.45) is 0 Å². The third-order valence-corrected chi connectivity index (χ3v) is 3.23. The Bertz CT molecular complexity index is 402. The lowest BCUT2D eigenvalue weighted by Crippen LogP contribution is -2.49. The van der Waals surface area contributed by atoms with Gasteiger partial charge in [-0.1, -0.05) is 29.3 Å².